The summed E-state index contributed by atoms with van der Waals surface area (Å²) in [6.45, 7) is 0.381. The van der Waals surface area contributed by atoms with Crippen LogP contribution in [0.1, 0.15) is 38.5 Å². The summed E-state index contributed by atoms with van der Waals surface area (Å²) in [5.74, 6) is -0.915. The SMILES string of the molecule is COC(=O)C(O)CNC(=O)CC1(CN)CCCCC1. The molecule has 1 rings (SSSR count). The number of nitrogens with two attached hydrogens (primary N) is 1. The van der Waals surface area contributed by atoms with E-state index < -0.39 is 12.1 Å². The van der Waals surface area contributed by atoms with Gasteiger partial charge >= 0.3 is 5.97 Å². The second-order valence-electron chi connectivity index (χ2n) is 5.28. The van der Waals surface area contributed by atoms with E-state index in [1.54, 1.807) is 0 Å². The highest BCUT2D eigenvalue weighted by Gasteiger charge is 2.33. The molecule has 0 aromatic heterocycles. The number of esters is 1. The van der Waals surface area contributed by atoms with E-state index in [1.165, 1.54) is 13.5 Å². The molecule has 0 spiro atoms. The third-order valence-electron chi connectivity index (χ3n) is 3.85. The second kappa shape index (κ2) is 7.45. The van der Waals surface area contributed by atoms with Gasteiger partial charge in [-0.3, -0.25) is 4.79 Å². The molecular weight excluding hydrogens is 248 g/mol. The number of aliphatic hydroxyl groups is 1. The van der Waals surface area contributed by atoms with Crippen LogP contribution in [0.15, 0.2) is 0 Å². The fourth-order valence-corrected chi connectivity index (χ4v) is 2.59. The maximum atomic E-state index is 11.9. The molecular formula is C13H24N2O4. The fourth-order valence-electron chi connectivity index (χ4n) is 2.59. The van der Waals surface area contributed by atoms with Crippen LogP contribution in [0.5, 0.6) is 0 Å². The Hall–Kier alpha value is -1.14. The molecule has 0 bridgehead atoms. The largest absolute Gasteiger partial charge is 0.467 e. The molecule has 1 amide bonds. The summed E-state index contributed by atoms with van der Waals surface area (Å²) in [7, 11) is 1.19. The Bertz CT molecular complexity index is 314. The highest BCUT2D eigenvalue weighted by Crippen LogP contribution is 2.38. The first kappa shape index (κ1) is 15.9. The van der Waals surface area contributed by atoms with Gasteiger partial charge in [-0.05, 0) is 24.8 Å². The van der Waals surface area contributed by atoms with Crippen LogP contribution in [-0.2, 0) is 14.3 Å². The van der Waals surface area contributed by atoms with Crippen LogP contribution in [0.25, 0.3) is 0 Å². The van der Waals surface area contributed by atoms with Gasteiger partial charge in [-0.25, -0.2) is 4.79 Å². The Morgan fingerprint density at radius 3 is 2.53 bits per heavy atom. The molecule has 0 aromatic carbocycles. The van der Waals surface area contributed by atoms with Crippen molar-refractivity contribution in [2.24, 2.45) is 11.1 Å². The first-order valence-corrected chi connectivity index (χ1v) is 6.76. The maximum Gasteiger partial charge on any atom is 0.336 e. The van der Waals surface area contributed by atoms with Crippen molar-refractivity contribution in [2.45, 2.75) is 44.6 Å². The Labute approximate surface area is 113 Å². The van der Waals surface area contributed by atoms with E-state index in [9.17, 15) is 14.7 Å². The van der Waals surface area contributed by atoms with Gasteiger partial charge in [0, 0.05) is 6.42 Å². The van der Waals surface area contributed by atoms with Gasteiger partial charge in [0.15, 0.2) is 6.10 Å². The highest BCUT2D eigenvalue weighted by atomic mass is 16.5. The van der Waals surface area contributed by atoms with Gasteiger partial charge in [0.05, 0.1) is 13.7 Å². The van der Waals surface area contributed by atoms with Crippen LogP contribution in [0.4, 0.5) is 0 Å². The van der Waals surface area contributed by atoms with Crippen LogP contribution < -0.4 is 11.1 Å². The molecule has 4 N–H and O–H groups in total. The van der Waals surface area contributed by atoms with Crippen LogP contribution >= 0.6 is 0 Å². The summed E-state index contributed by atoms with van der Waals surface area (Å²) in [5.41, 5.74) is 5.70. The molecule has 1 atom stereocenters. The molecule has 0 saturated heterocycles. The Morgan fingerprint density at radius 2 is 2.00 bits per heavy atom. The van der Waals surface area contributed by atoms with Crippen LogP contribution in [0, 0.1) is 5.41 Å². The van der Waals surface area contributed by atoms with Gasteiger partial charge in [-0.15, -0.1) is 0 Å². The van der Waals surface area contributed by atoms with Crippen molar-refractivity contribution in [3.8, 4) is 0 Å². The molecule has 19 heavy (non-hydrogen) atoms. The minimum Gasteiger partial charge on any atom is -0.467 e. The summed E-state index contributed by atoms with van der Waals surface area (Å²) >= 11 is 0. The molecule has 1 unspecified atom stereocenters. The fraction of sp³-hybridized carbons (Fsp3) is 0.846. The summed E-state index contributed by atoms with van der Waals surface area (Å²) in [5, 5.41) is 11.9. The average Bonchev–Trinajstić information content (AvgIpc) is 2.44. The van der Waals surface area contributed by atoms with E-state index >= 15 is 0 Å². The molecule has 110 valence electrons. The number of amides is 1. The summed E-state index contributed by atoms with van der Waals surface area (Å²) in [6.07, 6.45) is 4.40. The Balaban J connectivity index is 2.39. The first-order valence-electron chi connectivity index (χ1n) is 6.76. The lowest BCUT2D eigenvalue weighted by molar-refractivity contribution is -0.150. The minimum absolute atomic E-state index is 0.113. The number of ether oxygens (including phenoxy) is 1. The van der Waals surface area contributed by atoms with E-state index in [4.69, 9.17) is 5.73 Å². The van der Waals surface area contributed by atoms with Gasteiger partial charge in [0.1, 0.15) is 0 Å². The van der Waals surface area contributed by atoms with E-state index in [0.717, 1.165) is 25.7 Å². The van der Waals surface area contributed by atoms with E-state index in [0.29, 0.717) is 13.0 Å². The molecule has 6 heteroatoms. The van der Waals surface area contributed by atoms with Crippen molar-refractivity contribution >= 4 is 11.9 Å². The summed E-state index contributed by atoms with van der Waals surface area (Å²) in [6, 6.07) is 0. The first-order chi connectivity index (χ1) is 9.03. The predicted octanol–water partition coefficient (Wildman–Crippen LogP) is -0.0642. The maximum absolute atomic E-state index is 11.9. The zero-order valence-corrected chi connectivity index (χ0v) is 11.5. The number of hydrogen-bond donors (Lipinski definition) is 3. The van der Waals surface area contributed by atoms with Gasteiger partial charge < -0.3 is 20.9 Å². The standard InChI is InChI=1S/C13H24N2O4/c1-19-12(18)10(16)8-15-11(17)7-13(9-14)5-3-2-4-6-13/h10,16H,2-9,14H2,1H3,(H,15,17). The number of aliphatic hydroxyl groups excluding tert-OH is 1. The zero-order valence-electron chi connectivity index (χ0n) is 11.5. The monoisotopic (exact) mass is 272 g/mol. The number of nitrogens with one attached hydrogen (secondary N) is 1. The van der Waals surface area contributed by atoms with Gasteiger partial charge in [0.2, 0.25) is 5.91 Å². The summed E-state index contributed by atoms with van der Waals surface area (Å²) in [4.78, 5) is 22.9. The molecule has 1 saturated carbocycles. The number of rotatable bonds is 6. The van der Waals surface area contributed by atoms with Crippen LogP contribution in [0.3, 0.4) is 0 Å². The molecule has 0 radical (unpaired) electrons. The van der Waals surface area contributed by atoms with Gasteiger partial charge in [-0.2, -0.15) is 0 Å². The van der Waals surface area contributed by atoms with Crippen molar-refractivity contribution in [1.29, 1.82) is 0 Å². The number of carbonyl (C=O) groups excluding carboxylic acids is 2. The van der Waals surface area contributed by atoms with E-state index in [1.807, 2.05) is 0 Å². The lowest BCUT2D eigenvalue weighted by Gasteiger charge is -2.35. The number of hydrogen-bond acceptors (Lipinski definition) is 5. The topological polar surface area (TPSA) is 102 Å². The molecule has 1 aliphatic rings. The van der Waals surface area contributed by atoms with Crippen molar-refractivity contribution in [1.82, 2.24) is 5.32 Å². The molecule has 1 fully saturated rings. The van der Waals surface area contributed by atoms with Crippen LogP contribution in [0.2, 0.25) is 0 Å². The van der Waals surface area contributed by atoms with Crippen molar-refractivity contribution in [2.75, 3.05) is 20.2 Å². The van der Waals surface area contributed by atoms with E-state index in [-0.39, 0.29) is 17.9 Å². The second-order valence-corrected chi connectivity index (χ2v) is 5.28. The molecule has 6 nitrogen and oxygen atoms in total. The van der Waals surface area contributed by atoms with Crippen molar-refractivity contribution < 1.29 is 19.4 Å². The zero-order chi connectivity index (χ0) is 14.3. The highest BCUT2D eigenvalue weighted by molar-refractivity contribution is 5.79. The van der Waals surface area contributed by atoms with Gasteiger partial charge in [-0.1, -0.05) is 19.3 Å². The van der Waals surface area contributed by atoms with Crippen molar-refractivity contribution in [3.05, 3.63) is 0 Å². The van der Waals surface area contributed by atoms with Gasteiger partial charge in [0.25, 0.3) is 0 Å². The van der Waals surface area contributed by atoms with Crippen molar-refractivity contribution in [3.63, 3.8) is 0 Å². The average molecular weight is 272 g/mol. The number of methoxy groups -OCH3 is 1. The molecule has 1 aliphatic carbocycles. The quantitative estimate of drug-likeness (QED) is 0.588. The molecule has 0 aromatic rings. The normalized spacial score (nSPS) is 19.5. The lowest BCUT2D eigenvalue weighted by Crippen LogP contribution is -2.42. The van der Waals surface area contributed by atoms with E-state index in [2.05, 4.69) is 10.1 Å². The number of carbonyl (C=O) groups is 2. The Kier molecular flexibility index (Phi) is 6.24. The lowest BCUT2D eigenvalue weighted by atomic mass is 9.71. The third-order valence-corrected chi connectivity index (χ3v) is 3.85. The Morgan fingerprint density at radius 1 is 1.37 bits per heavy atom. The van der Waals surface area contributed by atoms with Crippen LogP contribution in [-0.4, -0.2) is 43.3 Å². The summed E-state index contributed by atoms with van der Waals surface area (Å²) < 4.78 is 4.38. The molecule has 0 heterocycles. The third kappa shape index (κ3) is 4.80. The smallest absolute Gasteiger partial charge is 0.336 e. The predicted molar refractivity (Wildman–Crippen MR) is 70.2 cm³/mol. The minimum atomic E-state index is -1.31. The molecule has 0 aliphatic heterocycles.